The van der Waals surface area contributed by atoms with E-state index in [9.17, 15) is 4.79 Å². The molecule has 0 spiro atoms. The van der Waals surface area contributed by atoms with Gasteiger partial charge in [-0.1, -0.05) is 83.7 Å². The molecule has 2 nitrogen and oxygen atoms in total. The van der Waals surface area contributed by atoms with Crippen molar-refractivity contribution in [1.82, 2.24) is 0 Å². The van der Waals surface area contributed by atoms with Gasteiger partial charge in [-0.3, -0.25) is 0 Å². The van der Waals surface area contributed by atoms with Crippen molar-refractivity contribution >= 4 is 5.97 Å². The second-order valence-corrected chi connectivity index (χ2v) is 13.3. The van der Waals surface area contributed by atoms with Crippen LogP contribution in [0.3, 0.4) is 0 Å². The molecule has 4 aliphatic carbocycles. The van der Waals surface area contributed by atoms with Gasteiger partial charge in [0, 0.05) is 0 Å². The molecule has 2 heteroatoms. The number of ether oxygens (including phenoxy) is 1. The highest BCUT2D eigenvalue weighted by Gasteiger charge is 2.54. The van der Waals surface area contributed by atoms with E-state index in [0.717, 1.165) is 30.1 Å². The average molecular weight is 489 g/mol. The monoisotopic (exact) mass is 488 g/mol. The smallest absolute Gasteiger partial charge is 0.338 e. The van der Waals surface area contributed by atoms with Crippen LogP contribution in [0.5, 0.6) is 0 Å². The van der Waals surface area contributed by atoms with Crippen LogP contribution in [0.15, 0.2) is 53.6 Å². The Morgan fingerprint density at radius 3 is 2.61 bits per heavy atom. The van der Waals surface area contributed by atoms with E-state index in [0.29, 0.717) is 28.9 Å². The minimum atomic E-state index is -0.200. The van der Waals surface area contributed by atoms with Crippen LogP contribution in [0.2, 0.25) is 0 Å². The molecule has 1 aromatic carbocycles. The molecule has 1 aromatic rings. The number of carbonyl (C=O) groups excluding carboxylic acids is 1. The fourth-order valence-corrected chi connectivity index (χ4v) is 8.78. The Kier molecular flexibility index (Phi) is 7.53. The molecule has 4 aliphatic rings. The van der Waals surface area contributed by atoms with Crippen LogP contribution in [0.25, 0.3) is 0 Å². The summed E-state index contributed by atoms with van der Waals surface area (Å²) in [5, 5.41) is 0. The van der Waals surface area contributed by atoms with Crippen LogP contribution in [0.4, 0.5) is 0 Å². The molecule has 0 N–H and O–H groups in total. The predicted molar refractivity (Wildman–Crippen MR) is 149 cm³/mol. The third kappa shape index (κ3) is 4.74. The first-order valence-electron chi connectivity index (χ1n) is 15.0. The van der Waals surface area contributed by atoms with Crippen molar-refractivity contribution in [2.75, 3.05) is 6.61 Å². The SMILES string of the molecule is CC(CCC[C@@H](C)[C@H]1CC=C2C3=CCC4CCCC[C@]4(C)[C@H]3CC[C@@]21C)COC(=O)c1ccccc1. The first kappa shape index (κ1) is 25.8. The highest BCUT2D eigenvalue weighted by molar-refractivity contribution is 5.89. The Balaban J connectivity index is 1.13. The Labute approximate surface area is 220 Å². The van der Waals surface area contributed by atoms with E-state index in [1.165, 1.54) is 64.2 Å². The Hall–Kier alpha value is -1.83. The van der Waals surface area contributed by atoms with E-state index in [4.69, 9.17) is 4.74 Å². The third-order valence-electron chi connectivity index (χ3n) is 11.1. The van der Waals surface area contributed by atoms with Crippen LogP contribution >= 0.6 is 0 Å². The summed E-state index contributed by atoms with van der Waals surface area (Å²) in [5.74, 6) is 3.46. The fraction of sp³-hybridized carbons (Fsp3) is 0.676. The van der Waals surface area contributed by atoms with Gasteiger partial charge < -0.3 is 4.74 Å². The number of carbonyl (C=O) groups is 1. The summed E-state index contributed by atoms with van der Waals surface area (Å²) >= 11 is 0. The van der Waals surface area contributed by atoms with Gasteiger partial charge in [0.25, 0.3) is 0 Å². The third-order valence-corrected chi connectivity index (χ3v) is 11.1. The van der Waals surface area contributed by atoms with E-state index in [2.05, 4.69) is 39.8 Å². The fourth-order valence-electron chi connectivity index (χ4n) is 8.78. The number of fused-ring (bicyclic) bond motifs is 5. The van der Waals surface area contributed by atoms with Crippen molar-refractivity contribution in [3.63, 3.8) is 0 Å². The lowest BCUT2D eigenvalue weighted by molar-refractivity contribution is 0.0242. The zero-order valence-electron chi connectivity index (χ0n) is 23.2. The largest absolute Gasteiger partial charge is 0.462 e. The molecular weight excluding hydrogens is 440 g/mol. The summed E-state index contributed by atoms with van der Waals surface area (Å²) in [6.07, 6.45) is 20.1. The molecule has 0 bridgehead atoms. The van der Waals surface area contributed by atoms with Gasteiger partial charge in [0.1, 0.15) is 0 Å². The average Bonchev–Trinajstić information content (AvgIpc) is 3.24. The maximum atomic E-state index is 12.2. The minimum absolute atomic E-state index is 0.200. The molecule has 0 aromatic heterocycles. The summed E-state index contributed by atoms with van der Waals surface area (Å²) in [6, 6.07) is 9.34. The molecule has 0 saturated heterocycles. The highest BCUT2D eigenvalue weighted by Crippen LogP contribution is 2.65. The molecule has 2 saturated carbocycles. The van der Waals surface area contributed by atoms with Gasteiger partial charge in [0.2, 0.25) is 0 Å². The van der Waals surface area contributed by atoms with E-state index in [1.54, 1.807) is 11.1 Å². The lowest BCUT2D eigenvalue weighted by atomic mass is 9.49. The standard InChI is InChI=1S/C34H48O2/c1-24(23-36-32(35)26-13-6-5-7-14-26)11-10-12-25(2)29-18-19-30-28-17-16-27-15-8-9-21-33(27,3)31(28)20-22-34(29,30)4/h5-7,13-14,17,19,24-25,27,29,31H,8-12,15-16,18,20-23H2,1-4H3/t24?,25-,27?,29-,31+,33+,34-/m1/s1. The molecule has 0 radical (unpaired) electrons. The van der Waals surface area contributed by atoms with Gasteiger partial charge in [0.05, 0.1) is 12.2 Å². The Bertz CT molecular complexity index is 990. The molecule has 0 amide bonds. The highest BCUT2D eigenvalue weighted by atomic mass is 16.5. The van der Waals surface area contributed by atoms with E-state index >= 15 is 0 Å². The van der Waals surface area contributed by atoms with E-state index in [-0.39, 0.29) is 5.97 Å². The molecule has 36 heavy (non-hydrogen) atoms. The first-order chi connectivity index (χ1) is 17.3. The van der Waals surface area contributed by atoms with Crippen molar-refractivity contribution in [1.29, 1.82) is 0 Å². The second kappa shape index (κ2) is 10.5. The van der Waals surface area contributed by atoms with Crippen LogP contribution < -0.4 is 0 Å². The number of esters is 1. The Morgan fingerprint density at radius 2 is 1.81 bits per heavy atom. The summed E-state index contributed by atoms with van der Waals surface area (Å²) in [6.45, 7) is 10.5. The van der Waals surface area contributed by atoms with Crippen molar-refractivity contribution in [3.05, 3.63) is 59.2 Å². The van der Waals surface area contributed by atoms with Gasteiger partial charge >= 0.3 is 5.97 Å². The van der Waals surface area contributed by atoms with Crippen molar-refractivity contribution in [2.24, 2.45) is 40.4 Å². The van der Waals surface area contributed by atoms with Crippen LogP contribution in [-0.4, -0.2) is 12.6 Å². The summed E-state index contributed by atoms with van der Waals surface area (Å²) < 4.78 is 5.58. The summed E-state index contributed by atoms with van der Waals surface area (Å²) in [4.78, 5) is 12.2. The quantitative estimate of drug-likeness (QED) is 0.341. The lowest BCUT2D eigenvalue weighted by Gasteiger charge is -2.56. The lowest BCUT2D eigenvalue weighted by Crippen LogP contribution is -2.46. The number of rotatable bonds is 8. The molecule has 196 valence electrons. The van der Waals surface area contributed by atoms with E-state index in [1.807, 2.05) is 30.3 Å². The van der Waals surface area contributed by atoms with Gasteiger partial charge in [-0.2, -0.15) is 0 Å². The molecule has 0 heterocycles. The number of benzene rings is 1. The zero-order chi connectivity index (χ0) is 25.3. The van der Waals surface area contributed by atoms with Crippen LogP contribution in [0.1, 0.15) is 109 Å². The maximum Gasteiger partial charge on any atom is 0.338 e. The molecule has 2 fully saturated rings. The number of hydrogen-bond acceptors (Lipinski definition) is 2. The van der Waals surface area contributed by atoms with Crippen LogP contribution in [-0.2, 0) is 4.74 Å². The topological polar surface area (TPSA) is 26.3 Å². The molecular formula is C34H48O2. The van der Waals surface area contributed by atoms with Crippen molar-refractivity contribution < 1.29 is 9.53 Å². The normalized spacial score (nSPS) is 34.9. The van der Waals surface area contributed by atoms with Gasteiger partial charge in [-0.25, -0.2) is 4.79 Å². The molecule has 7 atom stereocenters. The first-order valence-corrected chi connectivity index (χ1v) is 15.0. The van der Waals surface area contributed by atoms with E-state index < -0.39 is 0 Å². The minimum Gasteiger partial charge on any atom is -0.462 e. The van der Waals surface area contributed by atoms with Crippen molar-refractivity contribution in [2.45, 2.75) is 98.3 Å². The summed E-state index contributed by atoms with van der Waals surface area (Å²) in [7, 11) is 0. The molecule has 0 aliphatic heterocycles. The number of hydrogen-bond donors (Lipinski definition) is 0. The second-order valence-electron chi connectivity index (χ2n) is 13.3. The zero-order valence-corrected chi connectivity index (χ0v) is 23.2. The summed E-state index contributed by atoms with van der Waals surface area (Å²) in [5.41, 5.74) is 5.09. The molecule has 2 unspecified atom stereocenters. The van der Waals surface area contributed by atoms with Gasteiger partial charge in [-0.05, 0) is 109 Å². The number of allylic oxidation sites excluding steroid dienone is 4. The van der Waals surface area contributed by atoms with Crippen LogP contribution in [0, 0.1) is 40.4 Å². The van der Waals surface area contributed by atoms with Crippen molar-refractivity contribution in [3.8, 4) is 0 Å². The predicted octanol–water partition coefficient (Wildman–Crippen LogP) is 9.18. The molecule has 5 rings (SSSR count). The maximum absolute atomic E-state index is 12.2. The van der Waals surface area contributed by atoms with Gasteiger partial charge in [-0.15, -0.1) is 0 Å². The Morgan fingerprint density at radius 1 is 1.00 bits per heavy atom. The van der Waals surface area contributed by atoms with Gasteiger partial charge in [0.15, 0.2) is 0 Å².